The molecule has 2 amide bonds. The Morgan fingerprint density at radius 3 is 2.72 bits per heavy atom. The third kappa shape index (κ3) is 5.09. The molecule has 0 saturated heterocycles. The molecule has 1 rings (SSSR count). The van der Waals surface area contributed by atoms with Gasteiger partial charge in [0.05, 0.1) is 5.92 Å². The lowest BCUT2D eigenvalue weighted by Gasteiger charge is -2.13. The second-order valence-corrected chi connectivity index (χ2v) is 4.61. The summed E-state index contributed by atoms with van der Waals surface area (Å²) >= 11 is 0. The molecule has 1 aliphatic rings. The molecule has 0 spiro atoms. The lowest BCUT2D eigenvalue weighted by molar-refractivity contribution is -0.141. The highest BCUT2D eigenvalue weighted by Gasteiger charge is 2.30. The first kappa shape index (κ1) is 14.4. The molecule has 0 radical (unpaired) electrons. The number of rotatable bonds is 6. The highest BCUT2D eigenvalue weighted by atomic mass is 16.4. The Balaban J connectivity index is 2.10. The molecule has 18 heavy (non-hydrogen) atoms. The molecule has 0 aromatic rings. The van der Waals surface area contributed by atoms with Gasteiger partial charge in [-0.2, -0.15) is 0 Å². The molecule has 0 aromatic heterocycles. The van der Waals surface area contributed by atoms with Crippen LogP contribution in [-0.4, -0.2) is 29.7 Å². The summed E-state index contributed by atoms with van der Waals surface area (Å²) < 4.78 is 0. The maximum atomic E-state index is 11.5. The van der Waals surface area contributed by atoms with Crippen molar-refractivity contribution in [2.75, 3.05) is 6.54 Å². The van der Waals surface area contributed by atoms with E-state index in [1.54, 1.807) is 0 Å². The zero-order valence-corrected chi connectivity index (χ0v) is 10.4. The Bertz CT molecular complexity index is 336. The lowest BCUT2D eigenvalue weighted by atomic mass is 10.1. The average Bonchev–Trinajstić information content (AvgIpc) is 2.77. The number of carboxylic acid groups (broad SMARTS) is 1. The second-order valence-electron chi connectivity index (χ2n) is 4.61. The topological polar surface area (TPSA) is 78.4 Å². The summed E-state index contributed by atoms with van der Waals surface area (Å²) in [7, 11) is 0. The maximum absolute atomic E-state index is 11.5. The Morgan fingerprint density at radius 2 is 2.11 bits per heavy atom. The van der Waals surface area contributed by atoms with Crippen molar-refractivity contribution in [3.05, 3.63) is 0 Å². The quantitative estimate of drug-likeness (QED) is 0.493. The fourth-order valence-corrected chi connectivity index (χ4v) is 2.13. The number of aliphatic carboxylic acids is 1. The normalized spacial score (nSPS) is 22.2. The summed E-state index contributed by atoms with van der Waals surface area (Å²) in [5, 5.41) is 14.4. The van der Waals surface area contributed by atoms with Gasteiger partial charge in [0.15, 0.2) is 0 Å². The molecule has 1 fully saturated rings. The van der Waals surface area contributed by atoms with Crippen LogP contribution in [0.1, 0.15) is 38.5 Å². The van der Waals surface area contributed by atoms with E-state index in [0.717, 1.165) is 25.7 Å². The third-order valence-electron chi connectivity index (χ3n) is 3.15. The van der Waals surface area contributed by atoms with E-state index in [1.807, 2.05) is 0 Å². The molecule has 1 saturated carbocycles. The van der Waals surface area contributed by atoms with E-state index >= 15 is 0 Å². The highest BCUT2D eigenvalue weighted by molar-refractivity contribution is 5.75. The van der Waals surface area contributed by atoms with E-state index < -0.39 is 5.97 Å². The molecule has 0 aliphatic heterocycles. The summed E-state index contributed by atoms with van der Waals surface area (Å²) in [6.45, 7) is 0.600. The van der Waals surface area contributed by atoms with Gasteiger partial charge in [-0.25, -0.2) is 4.79 Å². The minimum atomic E-state index is -0.769. The molecular weight excluding hydrogens is 232 g/mol. The van der Waals surface area contributed by atoms with Crippen LogP contribution in [0.2, 0.25) is 0 Å². The minimum absolute atomic E-state index is 0.0168. The molecule has 2 atom stereocenters. The van der Waals surface area contributed by atoms with Crippen LogP contribution in [0.5, 0.6) is 0 Å². The van der Waals surface area contributed by atoms with Crippen molar-refractivity contribution in [3.63, 3.8) is 0 Å². The van der Waals surface area contributed by atoms with Gasteiger partial charge >= 0.3 is 12.0 Å². The number of carbonyl (C=O) groups is 2. The van der Waals surface area contributed by atoms with Gasteiger partial charge in [-0.1, -0.05) is 0 Å². The predicted molar refractivity (Wildman–Crippen MR) is 68.0 cm³/mol. The monoisotopic (exact) mass is 252 g/mol. The van der Waals surface area contributed by atoms with Crippen molar-refractivity contribution in [1.82, 2.24) is 10.6 Å². The molecule has 3 N–H and O–H groups in total. The van der Waals surface area contributed by atoms with E-state index in [9.17, 15) is 9.59 Å². The minimum Gasteiger partial charge on any atom is -0.481 e. The number of urea groups is 1. The molecule has 0 aromatic carbocycles. The second kappa shape index (κ2) is 7.59. The predicted octanol–water partition coefficient (Wildman–Crippen LogP) is 1.34. The van der Waals surface area contributed by atoms with Gasteiger partial charge in [0.2, 0.25) is 0 Å². The van der Waals surface area contributed by atoms with Crippen LogP contribution in [-0.2, 0) is 4.79 Å². The number of unbranched alkanes of at least 4 members (excludes halogenated alkanes) is 2. The summed E-state index contributed by atoms with van der Waals surface area (Å²) in [5.74, 6) is 1.46. The van der Waals surface area contributed by atoms with Crippen molar-refractivity contribution >= 4 is 12.0 Å². The average molecular weight is 252 g/mol. The van der Waals surface area contributed by atoms with E-state index in [1.165, 1.54) is 0 Å². The van der Waals surface area contributed by atoms with E-state index in [2.05, 4.69) is 16.6 Å². The smallest absolute Gasteiger partial charge is 0.315 e. The van der Waals surface area contributed by atoms with Crippen molar-refractivity contribution in [2.24, 2.45) is 5.92 Å². The number of carboxylic acids is 1. The number of carbonyl (C=O) groups excluding carboxylic acids is 1. The first-order valence-electron chi connectivity index (χ1n) is 6.34. The van der Waals surface area contributed by atoms with Gasteiger partial charge in [-0.15, -0.1) is 12.3 Å². The Kier molecular flexibility index (Phi) is 6.06. The van der Waals surface area contributed by atoms with Crippen molar-refractivity contribution < 1.29 is 14.7 Å². The van der Waals surface area contributed by atoms with Crippen LogP contribution < -0.4 is 10.6 Å². The number of hydrogen-bond acceptors (Lipinski definition) is 2. The fraction of sp³-hybridized carbons (Fsp3) is 0.692. The summed E-state index contributed by atoms with van der Waals surface area (Å²) in [6.07, 6.45) is 9.52. The molecule has 100 valence electrons. The van der Waals surface area contributed by atoms with E-state index in [4.69, 9.17) is 11.5 Å². The zero-order chi connectivity index (χ0) is 13.4. The standard InChI is InChI=1S/C13H20N2O3/c1-2-3-4-5-8-14-13(18)15-11-7-6-10(9-11)12(16)17/h1,10-11H,3-9H2,(H,16,17)(H2,14,15,18)/t10-,11+/m1/s1. The van der Waals surface area contributed by atoms with Gasteiger partial charge in [0, 0.05) is 19.0 Å². The number of nitrogens with one attached hydrogen (secondary N) is 2. The first-order chi connectivity index (χ1) is 8.63. The third-order valence-corrected chi connectivity index (χ3v) is 3.15. The Hall–Kier alpha value is -1.70. The van der Waals surface area contributed by atoms with Crippen molar-refractivity contribution in [1.29, 1.82) is 0 Å². The SMILES string of the molecule is C#CCCCCNC(=O)N[C@H]1CC[C@@H](C(=O)O)C1. The molecule has 0 bridgehead atoms. The van der Waals surface area contributed by atoms with Gasteiger partial charge in [-0.3, -0.25) is 4.79 Å². The largest absolute Gasteiger partial charge is 0.481 e. The Labute approximate surface area is 107 Å². The van der Waals surface area contributed by atoms with Crippen LogP contribution in [0.3, 0.4) is 0 Å². The number of amides is 2. The summed E-state index contributed by atoms with van der Waals surface area (Å²) in [4.78, 5) is 22.3. The number of hydrogen-bond donors (Lipinski definition) is 3. The molecule has 0 heterocycles. The molecule has 5 heteroatoms. The van der Waals surface area contributed by atoms with Crippen LogP contribution in [0.4, 0.5) is 4.79 Å². The maximum Gasteiger partial charge on any atom is 0.315 e. The van der Waals surface area contributed by atoms with E-state index in [0.29, 0.717) is 19.4 Å². The summed E-state index contributed by atoms with van der Waals surface area (Å²) in [6, 6.07) is -0.233. The van der Waals surface area contributed by atoms with Gasteiger partial charge in [0.25, 0.3) is 0 Å². The zero-order valence-electron chi connectivity index (χ0n) is 10.4. The summed E-state index contributed by atoms with van der Waals surface area (Å²) in [5.41, 5.74) is 0. The van der Waals surface area contributed by atoms with Crippen LogP contribution in [0, 0.1) is 18.3 Å². The van der Waals surface area contributed by atoms with Crippen molar-refractivity contribution in [3.8, 4) is 12.3 Å². The molecule has 0 unspecified atom stereocenters. The lowest BCUT2D eigenvalue weighted by Crippen LogP contribution is -2.41. The molecular formula is C13H20N2O3. The van der Waals surface area contributed by atoms with E-state index in [-0.39, 0.29) is 18.0 Å². The molecule has 1 aliphatic carbocycles. The number of terminal acetylenes is 1. The van der Waals surface area contributed by atoms with Crippen molar-refractivity contribution in [2.45, 2.75) is 44.6 Å². The first-order valence-corrected chi connectivity index (χ1v) is 6.34. The van der Waals surface area contributed by atoms with Gasteiger partial charge in [-0.05, 0) is 32.1 Å². The van der Waals surface area contributed by atoms with Gasteiger partial charge in [0.1, 0.15) is 0 Å². The van der Waals surface area contributed by atoms with Crippen LogP contribution in [0.15, 0.2) is 0 Å². The molecule has 5 nitrogen and oxygen atoms in total. The van der Waals surface area contributed by atoms with Gasteiger partial charge < -0.3 is 15.7 Å². The highest BCUT2D eigenvalue weighted by Crippen LogP contribution is 2.25. The van der Waals surface area contributed by atoms with Crippen LogP contribution >= 0.6 is 0 Å². The Morgan fingerprint density at radius 1 is 1.33 bits per heavy atom. The van der Waals surface area contributed by atoms with Crippen LogP contribution in [0.25, 0.3) is 0 Å². The fourth-order valence-electron chi connectivity index (χ4n) is 2.13.